The molecule has 0 unspecified atom stereocenters. The monoisotopic (exact) mass is 183 g/mol. The van der Waals surface area contributed by atoms with Gasteiger partial charge in [-0.25, -0.2) is 4.79 Å². The fourth-order valence-corrected chi connectivity index (χ4v) is 2.24. The summed E-state index contributed by atoms with van der Waals surface area (Å²) in [6.07, 6.45) is 1.000. The normalized spacial score (nSPS) is 27.1. The van der Waals surface area contributed by atoms with Crippen molar-refractivity contribution in [1.29, 1.82) is 0 Å². The summed E-state index contributed by atoms with van der Waals surface area (Å²) in [6.45, 7) is 0. The molecule has 0 amide bonds. The van der Waals surface area contributed by atoms with E-state index in [0.29, 0.717) is 10.8 Å². The van der Waals surface area contributed by atoms with Gasteiger partial charge in [-0.3, -0.25) is 0 Å². The Morgan fingerprint density at radius 1 is 1.67 bits per heavy atom. The van der Waals surface area contributed by atoms with Crippen molar-refractivity contribution in [2.24, 2.45) is 5.73 Å². The standard InChI is InChI=1S/C8H9NO2S/c9-5-3-4(5)6-1-2-7(12-6)8(10)11/h1-2,4-5H,3,9H2,(H,10,11)/t4-,5+/m1/s1. The summed E-state index contributed by atoms with van der Waals surface area (Å²) in [7, 11) is 0. The molecule has 0 saturated heterocycles. The lowest BCUT2D eigenvalue weighted by Gasteiger charge is -1.88. The molecule has 1 heterocycles. The number of carboxylic acids is 1. The molecule has 1 aliphatic carbocycles. The molecule has 2 rings (SSSR count). The molecule has 0 aliphatic heterocycles. The molecule has 0 bridgehead atoms. The molecule has 3 nitrogen and oxygen atoms in total. The third-order valence-electron chi connectivity index (χ3n) is 2.04. The second kappa shape index (κ2) is 2.57. The van der Waals surface area contributed by atoms with Crippen molar-refractivity contribution < 1.29 is 9.90 Å². The number of rotatable bonds is 2. The first-order chi connectivity index (χ1) is 5.68. The number of carboxylic acid groups (broad SMARTS) is 1. The van der Waals surface area contributed by atoms with E-state index >= 15 is 0 Å². The van der Waals surface area contributed by atoms with Gasteiger partial charge in [0.25, 0.3) is 0 Å². The van der Waals surface area contributed by atoms with Crippen molar-refractivity contribution in [3.8, 4) is 0 Å². The van der Waals surface area contributed by atoms with Gasteiger partial charge in [-0.2, -0.15) is 0 Å². The molecule has 1 aromatic heterocycles. The second-order valence-electron chi connectivity index (χ2n) is 3.01. The molecule has 0 aromatic carbocycles. The van der Waals surface area contributed by atoms with Crippen LogP contribution in [0.5, 0.6) is 0 Å². The van der Waals surface area contributed by atoms with Gasteiger partial charge in [0.2, 0.25) is 0 Å². The SMILES string of the molecule is N[C@H]1C[C@H]1c1ccc(C(=O)O)s1. The number of hydrogen-bond donors (Lipinski definition) is 2. The predicted molar refractivity (Wildman–Crippen MR) is 46.6 cm³/mol. The lowest BCUT2D eigenvalue weighted by atomic mass is 10.3. The average Bonchev–Trinajstić information content (AvgIpc) is 2.59. The van der Waals surface area contributed by atoms with E-state index in [1.165, 1.54) is 11.3 Å². The first-order valence-corrected chi connectivity index (χ1v) is 4.58. The third kappa shape index (κ3) is 1.23. The molecule has 3 N–H and O–H groups in total. The molecular weight excluding hydrogens is 174 g/mol. The first kappa shape index (κ1) is 7.76. The Bertz CT molecular complexity index is 321. The number of hydrogen-bond acceptors (Lipinski definition) is 3. The summed E-state index contributed by atoms with van der Waals surface area (Å²) in [6, 6.07) is 3.77. The molecule has 4 heteroatoms. The topological polar surface area (TPSA) is 63.3 Å². The zero-order valence-electron chi connectivity index (χ0n) is 6.36. The van der Waals surface area contributed by atoms with Crippen molar-refractivity contribution in [2.75, 3.05) is 0 Å². The van der Waals surface area contributed by atoms with Gasteiger partial charge in [-0.15, -0.1) is 11.3 Å². The zero-order valence-corrected chi connectivity index (χ0v) is 7.17. The third-order valence-corrected chi connectivity index (χ3v) is 3.25. The van der Waals surface area contributed by atoms with Gasteiger partial charge >= 0.3 is 5.97 Å². The van der Waals surface area contributed by atoms with Gasteiger partial charge in [-0.05, 0) is 18.6 Å². The van der Waals surface area contributed by atoms with Crippen molar-refractivity contribution in [3.05, 3.63) is 21.9 Å². The van der Waals surface area contributed by atoms with E-state index in [4.69, 9.17) is 10.8 Å². The molecule has 0 radical (unpaired) electrons. The van der Waals surface area contributed by atoms with Crippen LogP contribution in [0.1, 0.15) is 26.9 Å². The smallest absolute Gasteiger partial charge is 0.345 e. The van der Waals surface area contributed by atoms with Crippen LogP contribution in [0.15, 0.2) is 12.1 Å². The molecule has 64 valence electrons. The van der Waals surface area contributed by atoms with Crippen molar-refractivity contribution in [1.82, 2.24) is 0 Å². The summed E-state index contributed by atoms with van der Waals surface area (Å²) in [5.41, 5.74) is 5.64. The average molecular weight is 183 g/mol. The van der Waals surface area contributed by atoms with Crippen molar-refractivity contribution in [3.63, 3.8) is 0 Å². The highest BCUT2D eigenvalue weighted by Gasteiger charge is 2.36. The molecule has 1 fully saturated rings. The van der Waals surface area contributed by atoms with Crippen LogP contribution in [0.3, 0.4) is 0 Å². The van der Waals surface area contributed by atoms with Crippen LogP contribution in [0.2, 0.25) is 0 Å². The minimum atomic E-state index is -0.847. The van der Waals surface area contributed by atoms with E-state index in [1.54, 1.807) is 6.07 Å². The van der Waals surface area contributed by atoms with Crippen LogP contribution in [0.25, 0.3) is 0 Å². The summed E-state index contributed by atoms with van der Waals surface area (Å²) in [5.74, 6) is -0.427. The quantitative estimate of drug-likeness (QED) is 0.725. The Hall–Kier alpha value is -0.870. The predicted octanol–water partition coefficient (Wildman–Crippen LogP) is 1.26. The van der Waals surface area contributed by atoms with Gasteiger partial charge < -0.3 is 10.8 Å². The maximum Gasteiger partial charge on any atom is 0.345 e. The number of carbonyl (C=O) groups is 1. The van der Waals surface area contributed by atoms with Gasteiger partial charge in [0.1, 0.15) is 4.88 Å². The van der Waals surface area contributed by atoms with E-state index < -0.39 is 5.97 Å². The van der Waals surface area contributed by atoms with E-state index in [0.717, 1.165) is 11.3 Å². The molecular formula is C8H9NO2S. The summed E-state index contributed by atoms with van der Waals surface area (Å²) < 4.78 is 0. The summed E-state index contributed by atoms with van der Waals surface area (Å²) in [4.78, 5) is 12.0. The summed E-state index contributed by atoms with van der Waals surface area (Å²) in [5, 5.41) is 8.65. The second-order valence-corrected chi connectivity index (χ2v) is 4.13. The number of nitrogens with two attached hydrogens (primary N) is 1. The van der Waals surface area contributed by atoms with Gasteiger partial charge in [0.15, 0.2) is 0 Å². The van der Waals surface area contributed by atoms with Crippen LogP contribution in [0.4, 0.5) is 0 Å². The largest absolute Gasteiger partial charge is 0.477 e. The molecule has 12 heavy (non-hydrogen) atoms. The van der Waals surface area contributed by atoms with E-state index in [-0.39, 0.29) is 6.04 Å². The minimum absolute atomic E-state index is 0.255. The minimum Gasteiger partial charge on any atom is -0.477 e. The van der Waals surface area contributed by atoms with Crippen LogP contribution in [-0.2, 0) is 0 Å². The lowest BCUT2D eigenvalue weighted by molar-refractivity contribution is 0.0702. The van der Waals surface area contributed by atoms with Crippen molar-refractivity contribution >= 4 is 17.3 Å². The molecule has 0 spiro atoms. The first-order valence-electron chi connectivity index (χ1n) is 3.77. The molecule has 2 atom stereocenters. The van der Waals surface area contributed by atoms with E-state index in [2.05, 4.69) is 0 Å². The highest BCUT2D eigenvalue weighted by molar-refractivity contribution is 7.14. The van der Waals surface area contributed by atoms with Crippen LogP contribution >= 0.6 is 11.3 Å². The maximum absolute atomic E-state index is 10.5. The number of aromatic carboxylic acids is 1. The van der Waals surface area contributed by atoms with Gasteiger partial charge in [0, 0.05) is 16.8 Å². The Kier molecular flexibility index (Phi) is 1.66. The lowest BCUT2D eigenvalue weighted by Crippen LogP contribution is -1.99. The Morgan fingerprint density at radius 3 is 2.75 bits per heavy atom. The van der Waals surface area contributed by atoms with Crippen LogP contribution < -0.4 is 5.73 Å². The van der Waals surface area contributed by atoms with Crippen LogP contribution in [-0.4, -0.2) is 17.1 Å². The fourth-order valence-electron chi connectivity index (χ4n) is 1.21. The highest BCUT2D eigenvalue weighted by Crippen LogP contribution is 2.42. The Balaban J connectivity index is 2.19. The Labute approximate surface area is 73.8 Å². The van der Waals surface area contributed by atoms with E-state index in [1.807, 2.05) is 6.07 Å². The van der Waals surface area contributed by atoms with Crippen molar-refractivity contribution in [2.45, 2.75) is 18.4 Å². The molecule has 1 aliphatic rings. The number of thiophene rings is 1. The zero-order chi connectivity index (χ0) is 8.72. The van der Waals surface area contributed by atoms with E-state index in [9.17, 15) is 4.79 Å². The van der Waals surface area contributed by atoms with Gasteiger partial charge in [-0.1, -0.05) is 0 Å². The van der Waals surface area contributed by atoms with Gasteiger partial charge in [0.05, 0.1) is 0 Å². The Morgan fingerprint density at radius 2 is 2.33 bits per heavy atom. The summed E-state index contributed by atoms with van der Waals surface area (Å²) >= 11 is 1.34. The molecule has 1 saturated carbocycles. The van der Waals surface area contributed by atoms with Crippen LogP contribution in [0, 0.1) is 0 Å². The molecule has 1 aromatic rings. The fraction of sp³-hybridized carbons (Fsp3) is 0.375. The highest BCUT2D eigenvalue weighted by atomic mass is 32.1. The maximum atomic E-state index is 10.5.